The van der Waals surface area contributed by atoms with Crippen molar-refractivity contribution in [1.29, 1.82) is 0 Å². The Morgan fingerprint density at radius 2 is 1.35 bits per heavy atom. The quantitative estimate of drug-likeness (QED) is 0.909. The van der Waals surface area contributed by atoms with E-state index in [-0.39, 0.29) is 12.1 Å². The zero-order chi connectivity index (χ0) is 14.1. The Kier molecular flexibility index (Phi) is 3.16. The van der Waals surface area contributed by atoms with E-state index in [0.717, 1.165) is 5.56 Å². The molecular formula is C16H17N3O. The summed E-state index contributed by atoms with van der Waals surface area (Å²) in [6, 6.07) is 19.8. The number of carbonyl (C=O) groups excluding carboxylic acids is 1. The third-order valence-electron chi connectivity index (χ3n) is 3.81. The minimum absolute atomic E-state index is 0.0406. The summed E-state index contributed by atoms with van der Waals surface area (Å²) in [5.74, 6) is 0. The molecule has 2 atom stereocenters. The number of urea groups is 1. The molecule has 1 fully saturated rings. The van der Waals surface area contributed by atoms with E-state index < -0.39 is 6.03 Å². The van der Waals surface area contributed by atoms with Gasteiger partial charge in [0.2, 0.25) is 0 Å². The lowest BCUT2D eigenvalue weighted by Gasteiger charge is -2.55. The highest BCUT2D eigenvalue weighted by Crippen LogP contribution is 2.47. The van der Waals surface area contributed by atoms with Gasteiger partial charge in [-0.2, -0.15) is 0 Å². The number of hydrazine groups is 1. The summed E-state index contributed by atoms with van der Waals surface area (Å²) in [6.07, 6.45) is 0. The van der Waals surface area contributed by atoms with E-state index >= 15 is 0 Å². The van der Waals surface area contributed by atoms with Crippen LogP contribution in [0.5, 0.6) is 0 Å². The molecule has 2 N–H and O–H groups in total. The van der Waals surface area contributed by atoms with Crippen LogP contribution in [-0.4, -0.2) is 23.1 Å². The first-order chi connectivity index (χ1) is 9.70. The number of nitrogens with zero attached hydrogens (tertiary/aromatic N) is 2. The van der Waals surface area contributed by atoms with Crippen LogP contribution >= 0.6 is 0 Å². The Morgan fingerprint density at radius 3 is 1.80 bits per heavy atom. The molecule has 0 radical (unpaired) electrons. The minimum Gasteiger partial charge on any atom is -0.350 e. The second-order valence-electron chi connectivity index (χ2n) is 4.97. The third-order valence-corrected chi connectivity index (χ3v) is 3.81. The Hall–Kier alpha value is -2.33. The molecule has 1 aliphatic rings. The maximum atomic E-state index is 11.7. The lowest BCUT2D eigenvalue weighted by Crippen LogP contribution is -2.62. The standard InChI is InChI=1S/C16H17N3O/c1-18-14(12-8-4-2-5-9-12)15(19(18)16(17)20)13-10-6-3-7-11-13/h2-11,14-15H,1H3,(H2,17,20)/t14-,15+/m1/s1. The summed E-state index contributed by atoms with van der Waals surface area (Å²) in [6.45, 7) is 0. The van der Waals surface area contributed by atoms with Crippen LogP contribution in [-0.2, 0) is 0 Å². The maximum Gasteiger partial charge on any atom is 0.329 e. The minimum atomic E-state index is -0.423. The van der Waals surface area contributed by atoms with E-state index in [1.165, 1.54) is 5.56 Å². The number of likely N-dealkylation sites (N-methyl/N-ethyl adjacent to an activating group) is 1. The topological polar surface area (TPSA) is 49.6 Å². The molecule has 0 aliphatic carbocycles. The van der Waals surface area contributed by atoms with E-state index in [9.17, 15) is 4.79 Å². The SMILES string of the molecule is CN1[C@H](c2ccccc2)[C@H](c2ccccc2)N1C(N)=O. The van der Waals surface area contributed by atoms with Gasteiger partial charge in [0.05, 0.1) is 12.1 Å². The van der Waals surface area contributed by atoms with Crippen molar-refractivity contribution in [2.75, 3.05) is 7.05 Å². The Morgan fingerprint density at radius 1 is 0.900 bits per heavy atom. The highest BCUT2D eigenvalue weighted by molar-refractivity contribution is 5.73. The molecule has 0 bridgehead atoms. The van der Waals surface area contributed by atoms with Crippen LogP contribution in [0.25, 0.3) is 0 Å². The number of carbonyl (C=O) groups is 1. The fourth-order valence-corrected chi connectivity index (χ4v) is 2.91. The van der Waals surface area contributed by atoms with E-state index in [1.54, 1.807) is 5.01 Å². The van der Waals surface area contributed by atoms with Gasteiger partial charge >= 0.3 is 6.03 Å². The number of nitrogens with two attached hydrogens (primary N) is 1. The fraction of sp³-hybridized carbons (Fsp3) is 0.188. The maximum absolute atomic E-state index is 11.7. The Labute approximate surface area is 118 Å². The zero-order valence-electron chi connectivity index (χ0n) is 11.3. The van der Waals surface area contributed by atoms with Gasteiger partial charge in [0, 0.05) is 7.05 Å². The van der Waals surface area contributed by atoms with Gasteiger partial charge in [0.25, 0.3) is 0 Å². The summed E-state index contributed by atoms with van der Waals surface area (Å²) < 4.78 is 0. The van der Waals surface area contributed by atoms with Crippen molar-refractivity contribution in [2.45, 2.75) is 12.1 Å². The molecule has 0 saturated carbocycles. The van der Waals surface area contributed by atoms with Gasteiger partial charge in [0.15, 0.2) is 0 Å². The van der Waals surface area contributed by atoms with Crippen LogP contribution in [0.3, 0.4) is 0 Å². The van der Waals surface area contributed by atoms with Gasteiger partial charge in [-0.1, -0.05) is 60.7 Å². The smallest absolute Gasteiger partial charge is 0.329 e. The van der Waals surface area contributed by atoms with Gasteiger partial charge in [-0.3, -0.25) is 0 Å². The van der Waals surface area contributed by atoms with Crippen molar-refractivity contribution in [3.8, 4) is 0 Å². The summed E-state index contributed by atoms with van der Waals surface area (Å²) in [5, 5.41) is 3.50. The third kappa shape index (κ3) is 1.94. The van der Waals surface area contributed by atoms with Crippen molar-refractivity contribution in [3.05, 3.63) is 71.8 Å². The van der Waals surface area contributed by atoms with Crippen LogP contribution < -0.4 is 5.73 Å². The molecule has 0 spiro atoms. The van der Waals surface area contributed by atoms with E-state index in [1.807, 2.05) is 60.6 Å². The lowest BCUT2D eigenvalue weighted by atomic mass is 9.88. The van der Waals surface area contributed by atoms with Gasteiger partial charge < -0.3 is 5.73 Å². The first-order valence-corrected chi connectivity index (χ1v) is 6.61. The van der Waals surface area contributed by atoms with Crippen LogP contribution in [0.1, 0.15) is 23.2 Å². The van der Waals surface area contributed by atoms with Crippen LogP contribution in [0, 0.1) is 0 Å². The molecule has 3 rings (SSSR count). The number of primary amides is 1. The molecule has 4 heteroatoms. The molecule has 2 aromatic carbocycles. The number of benzene rings is 2. The zero-order valence-corrected chi connectivity index (χ0v) is 11.3. The molecule has 20 heavy (non-hydrogen) atoms. The van der Waals surface area contributed by atoms with Gasteiger partial charge in [-0.05, 0) is 11.1 Å². The van der Waals surface area contributed by atoms with Crippen LogP contribution in [0.15, 0.2) is 60.7 Å². The van der Waals surface area contributed by atoms with E-state index in [0.29, 0.717) is 0 Å². The van der Waals surface area contributed by atoms with Crippen molar-refractivity contribution in [1.82, 2.24) is 10.0 Å². The average Bonchev–Trinajstić information content (AvgIpc) is 2.46. The molecule has 1 saturated heterocycles. The lowest BCUT2D eigenvalue weighted by molar-refractivity contribution is -0.159. The molecule has 0 aromatic heterocycles. The second kappa shape index (κ2) is 4.98. The molecule has 1 aliphatic heterocycles. The molecule has 4 nitrogen and oxygen atoms in total. The number of amides is 2. The number of hydrogen-bond acceptors (Lipinski definition) is 2. The van der Waals surface area contributed by atoms with E-state index in [4.69, 9.17) is 5.73 Å². The molecular weight excluding hydrogens is 250 g/mol. The normalized spacial score (nSPS) is 22.4. The van der Waals surface area contributed by atoms with Crippen molar-refractivity contribution >= 4 is 6.03 Å². The molecule has 1 heterocycles. The van der Waals surface area contributed by atoms with Gasteiger partial charge in [-0.15, -0.1) is 0 Å². The van der Waals surface area contributed by atoms with Gasteiger partial charge in [0.1, 0.15) is 0 Å². The van der Waals surface area contributed by atoms with Crippen LogP contribution in [0.2, 0.25) is 0 Å². The molecule has 2 amide bonds. The monoisotopic (exact) mass is 267 g/mol. The van der Waals surface area contributed by atoms with Crippen molar-refractivity contribution in [3.63, 3.8) is 0 Å². The largest absolute Gasteiger partial charge is 0.350 e. The van der Waals surface area contributed by atoms with Crippen LogP contribution in [0.4, 0.5) is 4.79 Å². The number of hydrogen-bond donors (Lipinski definition) is 1. The predicted octanol–water partition coefficient (Wildman–Crippen LogP) is 2.71. The highest BCUT2D eigenvalue weighted by atomic mass is 16.2. The summed E-state index contributed by atoms with van der Waals surface area (Å²) in [5.41, 5.74) is 7.78. The molecule has 102 valence electrons. The highest BCUT2D eigenvalue weighted by Gasteiger charge is 2.48. The number of rotatable bonds is 2. The second-order valence-corrected chi connectivity index (χ2v) is 4.97. The van der Waals surface area contributed by atoms with E-state index in [2.05, 4.69) is 12.1 Å². The Bertz CT molecular complexity index is 600. The first-order valence-electron chi connectivity index (χ1n) is 6.61. The summed E-state index contributed by atoms with van der Waals surface area (Å²) >= 11 is 0. The summed E-state index contributed by atoms with van der Waals surface area (Å²) in [7, 11) is 1.89. The first kappa shape index (κ1) is 12.7. The van der Waals surface area contributed by atoms with Crippen molar-refractivity contribution in [2.24, 2.45) is 5.73 Å². The predicted molar refractivity (Wildman–Crippen MR) is 77.6 cm³/mol. The fourth-order valence-electron chi connectivity index (χ4n) is 2.91. The molecule has 0 unspecified atom stereocenters. The molecule has 2 aromatic rings. The Balaban J connectivity index is 1.99. The average molecular weight is 267 g/mol. The van der Waals surface area contributed by atoms with Crippen molar-refractivity contribution < 1.29 is 4.79 Å². The summed E-state index contributed by atoms with van der Waals surface area (Å²) in [4.78, 5) is 11.7. The van der Waals surface area contributed by atoms with Gasteiger partial charge in [-0.25, -0.2) is 14.8 Å².